The smallest absolute Gasteiger partial charge is 0.268 e. The van der Waals surface area contributed by atoms with Gasteiger partial charge in [-0.25, -0.2) is 4.98 Å². The predicted molar refractivity (Wildman–Crippen MR) is 87.8 cm³/mol. The van der Waals surface area contributed by atoms with Crippen molar-refractivity contribution in [3.63, 3.8) is 0 Å². The Labute approximate surface area is 136 Å². The first-order valence-corrected chi connectivity index (χ1v) is 8.82. The van der Waals surface area contributed by atoms with Crippen LogP contribution in [0.15, 0.2) is 22.9 Å². The number of rotatable bonds is 5. The molecule has 1 N–H and O–H groups in total. The van der Waals surface area contributed by atoms with Crippen molar-refractivity contribution in [1.29, 1.82) is 0 Å². The standard InChI is InChI=1S/C15H18BrN3OS/c1-3-12-7-17-15(21-12)9(2)18-14(20)13-6-10(16)8-19(13)11-4-5-11/h6-9,11H,3-5H2,1-2H3,(H,18,20). The summed E-state index contributed by atoms with van der Waals surface area (Å²) in [6.07, 6.45) is 7.18. The summed E-state index contributed by atoms with van der Waals surface area (Å²) in [4.78, 5) is 18.1. The zero-order valence-corrected chi connectivity index (χ0v) is 14.5. The Morgan fingerprint density at radius 3 is 3.00 bits per heavy atom. The molecule has 21 heavy (non-hydrogen) atoms. The number of halogens is 1. The molecule has 0 radical (unpaired) electrons. The van der Waals surface area contributed by atoms with Crippen LogP contribution in [0.3, 0.4) is 0 Å². The average Bonchev–Trinajstić information content (AvgIpc) is 3.05. The van der Waals surface area contributed by atoms with Gasteiger partial charge in [0.15, 0.2) is 0 Å². The van der Waals surface area contributed by atoms with Crippen LogP contribution in [0.25, 0.3) is 0 Å². The van der Waals surface area contributed by atoms with E-state index in [0.29, 0.717) is 6.04 Å². The maximum Gasteiger partial charge on any atom is 0.268 e. The van der Waals surface area contributed by atoms with Crippen LogP contribution in [0.1, 0.15) is 59.1 Å². The van der Waals surface area contributed by atoms with Gasteiger partial charge in [-0.05, 0) is 48.2 Å². The number of aryl methyl sites for hydroxylation is 1. The lowest BCUT2D eigenvalue weighted by Crippen LogP contribution is -2.28. The largest absolute Gasteiger partial charge is 0.342 e. The van der Waals surface area contributed by atoms with Gasteiger partial charge >= 0.3 is 0 Å². The van der Waals surface area contributed by atoms with Crippen molar-refractivity contribution in [2.45, 2.75) is 45.2 Å². The minimum atomic E-state index is -0.0656. The molecule has 1 amide bonds. The number of aromatic nitrogens is 2. The molecule has 1 saturated carbocycles. The molecule has 0 bridgehead atoms. The minimum Gasteiger partial charge on any atom is -0.342 e. The van der Waals surface area contributed by atoms with E-state index < -0.39 is 0 Å². The van der Waals surface area contributed by atoms with Gasteiger partial charge < -0.3 is 9.88 Å². The molecule has 0 saturated heterocycles. The van der Waals surface area contributed by atoms with E-state index >= 15 is 0 Å². The highest BCUT2D eigenvalue weighted by molar-refractivity contribution is 9.10. The van der Waals surface area contributed by atoms with Crippen molar-refractivity contribution < 1.29 is 4.79 Å². The van der Waals surface area contributed by atoms with Crippen molar-refractivity contribution in [3.8, 4) is 0 Å². The second-order valence-corrected chi connectivity index (χ2v) is 7.46. The number of carbonyl (C=O) groups is 1. The number of thiazole rings is 1. The number of nitrogens with zero attached hydrogens (tertiary/aromatic N) is 2. The van der Waals surface area contributed by atoms with E-state index in [0.717, 1.165) is 34.4 Å². The Hall–Kier alpha value is -1.14. The van der Waals surface area contributed by atoms with Crippen LogP contribution < -0.4 is 5.32 Å². The number of hydrogen-bond acceptors (Lipinski definition) is 3. The zero-order valence-electron chi connectivity index (χ0n) is 12.1. The molecule has 1 atom stereocenters. The van der Waals surface area contributed by atoms with Gasteiger partial charge in [-0.1, -0.05) is 6.92 Å². The molecule has 0 spiro atoms. The van der Waals surface area contributed by atoms with E-state index in [4.69, 9.17) is 0 Å². The molecule has 2 aromatic rings. The summed E-state index contributed by atoms with van der Waals surface area (Å²) >= 11 is 5.12. The highest BCUT2D eigenvalue weighted by atomic mass is 79.9. The maximum absolute atomic E-state index is 12.5. The molecule has 0 aliphatic heterocycles. The van der Waals surface area contributed by atoms with Crippen molar-refractivity contribution >= 4 is 33.2 Å². The van der Waals surface area contributed by atoms with Gasteiger partial charge in [-0.15, -0.1) is 11.3 Å². The lowest BCUT2D eigenvalue weighted by Gasteiger charge is -2.13. The van der Waals surface area contributed by atoms with Gasteiger partial charge in [0.25, 0.3) is 5.91 Å². The predicted octanol–water partition coefficient (Wildman–Crippen LogP) is 4.10. The van der Waals surface area contributed by atoms with Crippen molar-refractivity contribution in [3.05, 3.63) is 38.5 Å². The van der Waals surface area contributed by atoms with Crippen molar-refractivity contribution in [1.82, 2.24) is 14.9 Å². The van der Waals surface area contributed by atoms with Crippen LogP contribution in [-0.2, 0) is 6.42 Å². The molecule has 2 aromatic heterocycles. The fraction of sp³-hybridized carbons (Fsp3) is 0.467. The molecule has 0 aromatic carbocycles. The fourth-order valence-corrected chi connectivity index (χ4v) is 3.60. The molecule has 1 aliphatic carbocycles. The van der Waals surface area contributed by atoms with E-state index in [9.17, 15) is 4.79 Å². The second kappa shape index (κ2) is 5.93. The maximum atomic E-state index is 12.5. The molecule has 3 rings (SSSR count). The van der Waals surface area contributed by atoms with Crippen LogP contribution in [0.2, 0.25) is 0 Å². The number of carbonyl (C=O) groups excluding carboxylic acids is 1. The Morgan fingerprint density at radius 2 is 2.38 bits per heavy atom. The number of amides is 1. The van der Waals surface area contributed by atoms with Gasteiger partial charge in [-0.2, -0.15) is 0 Å². The van der Waals surface area contributed by atoms with E-state index in [1.54, 1.807) is 11.3 Å². The van der Waals surface area contributed by atoms with E-state index in [2.05, 4.69) is 37.7 Å². The first-order chi connectivity index (χ1) is 10.1. The lowest BCUT2D eigenvalue weighted by molar-refractivity contribution is 0.0930. The van der Waals surface area contributed by atoms with Crippen molar-refractivity contribution in [2.75, 3.05) is 0 Å². The molecule has 1 aliphatic rings. The molecule has 1 fully saturated rings. The van der Waals surface area contributed by atoms with Gasteiger partial charge in [-0.3, -0.25) is 4.79 Å². The average molecular weight is 368 g/mol. The third-order valence-electron chi connectivity index (χ3n) is 3.63. The number of nitrogens with one attached hydrogen (secondary N) is 1. The van der Waals surface area contributed by atoms with Gasteiger partial charge in [0.1, 0.15) is 10.7 Å². The van der Waals surface area contributed by atoms with Gasteiger partial charge in [0, 0.05) is 27.8 Å². The normalized spacial score (nSPS) is 16.0. The Bertz CT molecular complexity index is 660. The summed E-state index contributed by atoms with van der Waals surface area (Å²) in [6.45, 7) is 4.09. The molecule has 6 heteroatoms. The summed E-state index contributed by atoms with van der Waals surface area (Å²) in [7, 11) is 0. The Balaban J connectivity index is 1.73. The first kappa shape index (κ1) is 14.8. The second-order valence-electron chi connectivity index (χ2n) is 5.40. The first-order valence-electron chi connectivity index (χ1n) is 7.21. The topological polar surface area (TPSA) is 46.9 Å². The summed E-state index contributed by atoms with van der Waals surface area (Å²) in [5.74, 6) is -0.0339. The van der Waals surface area contributed by atoms with Gasteiger partial charge in [0.05, 0.1) is 6.04 Å². The summed E-state index contributed by atoms with van der Waals surface area (Å²) < 4.78 is 3.03. The molecular formula is C15H18BrN3OS. The van der Waals surface area contributed by atoms with Crippen LogP contribution in [0.4, 0.5) is 0 Å². The third kappa shape index (κ3) is 3.21. The molecule has 1 unspecified atom stereocenters. The molecule has 4 nitrogen and oxygen atoms in total. The molecule has 112 valence electrons. The monoisotopic (exact) mass is 367 g/mol. The van der Waals surface area contributed by atoms with E-state index in [-0.39, 0.29) is 11.9 Å². The minimum absolute atomic E-state index is 0.0339. The highest BCUT2D eigenvalue weighted by Gasteiger charge is 2.28. The zero-order chi connectivity index (χ0) is 15.0. The Kier molecular flexibility index (Phi) is 4.17. The fourth-order valence-electron chi connectivity index (χ4n) is 2.30. The highest BCUT2D eigenvalue weighted by Crippen LogP contribution is 2.37. The van der Waals surface area contributed by atoms with E-state index in [1.807, 2.05) is 25.4 Å². The molecular weight excluding hydrogens is 350 g/mol. The van der Waals surface area contributed by atoms with Crippen LogP contribution >= 0.6 is 27.3 Å². The van der Waals surface area contributed by atoms with E-state index in [1.165, 1.54) is 4.88 Å². The van der Waals surface area contributed by atoms with Crippen molar-refractivity contribution in [2.24, 2.45) is 0 Å². The lowest BCUT2D eigenvalue weighted by atomic mass is 10.3. The molecule has 2 heterocycles. The summed E-state index contributed by atoms with van der Waals surface area (Å²) in [5, 5.41) is 4.02. The number of hydrogen-bond donors (Lipinski definition) is 1. The van der Waals surface area contributed by atoms with Gasteiger partial charge in [0.2, 0.25) is 0 Å². The summed E-state index contributed by atoms with van der Waals surface area (Å²) in [6, 6.07) is 2.31. The van der Waals surface area contributed by atoms with Crippen LogP contribution in [0.5, 0.6) is 0 Å². The third-order valence-corrected chi connectivity index (χ3v) is 5.38. The quantitative estimate of drug-likeness (QED) is 0.864. The Morgan fingerprint density at radius 1 is 1.62 bits per heavy atom. The van der Waals surface area contributed by atoms with Crippen LogP contribution in [-0.4, -0.2) is 15.5 Å². The summed E-state index contributed by atoms with van der Waals surface area (Å²) in [5.41, 5.74) is 0.725. The van der Waals surface area contributed by atoms with Crippen LogP contribution in [0, 0.1) is 0 Å². The SMILES string of the molecule is CCc1cnc(C(C)NC(=O)c2cc(Br)cn2C2CC2)s1.